The number of aromatic nitrogens is 2. The zero-order chi connectivity index (χ0) is 11.5. The molecule has 0 saturated carbocycles. The summed E-state index contributed by atoms with van der Waals surface area (Å²) in [7, 11) is 1.64. The van der Waals surface area contributed by atoms with Gasteiger partial charge in [-0.15, -0.1) is 0 Å². The molecule has 84 valence electrons. The highest BCUT2D eigenvalue weighted by Gasteiger charge is 2.27. The Balaban J connectivity index is 2.78. The van der Waals surface area contributed by atoms with Crippen molar-refractivity contribution in [3.63, 3.8) is 0 Å². The summed E-state index contributed by atoms with van der Waals surface area (Å²) in [6.45, 7) is 0.540. The number of anilines is 2. The molecule has 4 nitrogen and oxygen atoms in total. The highest BCUT2D eigenvalue weighted by molar-refractivity contribution is 5.56. The fourth-order valence-electron chi connectivity index (χ4n) is 1.06. The molecule has 7 heteroatoms. The third-order valence-corrected chi connectivity index (χ3v) is 1.78. The summed E-state index contributed by atoms with van der Waals surface area (Å²) in [6, 6.07) is 0. The van der Waals surface area contributed by atoms with Crippen molar-refractivity contribution in [2.45, 2.75) is 13.1 Å². The van der Waals surface area contributed by atoms with E-state index in [0.717, 1.165) is 0 Å². The second-order valence-corrected chi connectivity index (χ2v) is 2.91. The van der Waals surface area contributed by atoms with Gasteiger partial charge in [0.15, 0.2) is 0 Å². The number of hydrogen-bond acceptors (Lipinski definition) is 4. The number of alkyl halides is 3. The Morgan fingerprint density at radius 3 is 2.40 bits per heavy atom. The van der Waals surface area contributed by atoms with Crippen LogP contribution in [0.4, 0.5) is 24.8 Å². The van der Waals surface area contributed by atoms with Crippen LogP contribution in [-0.2, 0) is 0 Å². The van der Waals surface area contributed by atoms with Gasteiger partial charge in [0.1, 0.15) is 24.5 Å². The van der Waals surface area contributed by atoms with Gasteiger partial charge in [0, 0.05) is 12.6 Å². The summed E-state index contributed by atoms with van der Waals surface area (Å²) >= 11 is 0. The van der Waals surface area contributed by atoms with Gasteiger partial charge in [-0.3, -0.25) is 0 Å². The molecule has 0 bridgehead atoms. The predicted molar refractivity (Wildman–Crippen MR) is 50.9 cm³/mol. The number of rotatable bonds is 3. The van der Waals surface area contributed by atoms with E-state index in [1.54, 1.807) is 14.0 Å². The van der Waals surface area contributed by atoms with E-state index < -0.39 is 12.7 Å². The second-order valence-electron chi connectivity index (χ2n) is 2.91. The van der Waals surface area contributed by atoms with Crippen LogP contribution in [0.1, 0.15) is 5.56 Å². The van der Waals surface area contributed by atoms with Crippen molar-refractivity contribution in [2.75, 3.05) is 24.2 Å². The lowest BCUT2D eigenvalue weighted by Crippen LogP contribution is -2.22. The molecule has 0 aromatic carbocycles. The summed E-state index contributed by atoms with van der Waals surface area (Å²) in [4.78, 5) is 7.59. The van der Waals surface area contributed by atoms with Crippen LogP contribution in [0, 0.1) is 6.92 Å². The van der Waals surface area contributed by atoms with E-state index in [1.165, 1.54) is 6.33 Å². The first-order valence-electron chi connectivity index (χ1n) is 4.24. The first-order valence-corrected chi connectivity index (χ1v) is 4.24. The van der Waals surface area contributed by atoms with Gasteiger partial charge >= 0.3 is 6.18 Å². The second kappa shape index (κ2) is 4.33. The lowest BCUT2D eigenvalue weighted by molar-refractivity contribution is -0.115. The van der Waals surface area contributed by atoms with Gasteiger partial charge in [-0.05, 0) is 6.92 Å². The Kier molecular flexibility index (Phi) is 3.33. The first-order chi connectivity index (χ1) is 6.94. The zero-order valence-corrected chi connectivity index (χ0v) is 8.31. The average molecular weight is 220 g/mol. The van der Waals surface area contributed by atoms with E-state index in [4.69, 9.17) is 0 Å². The van der Waals surface area contributed by atoms with E-state index in [2.05, 4.69) is 20.6 Å². The minimum Gasteiger partial charge on any atom is -0.373 e. The van der Waals surface area contributed by atoms with Crippen LogP contribution >= 0.6 is 0 Å². The minimum absolute atomic E-state index is 0.187. The van der Waals surface area contributed by atoms with Crippen LogP contribution < -0.4 is 10.6 Å². The van der Waals surface area contributed by atoms with E-state index in [0.29, 0.717) is 11.4 Å². The summed E-state index contributed by atoms with van der Waals surface area (Å²) in [6.07, 6.45) is -3.05. The molecule has 0 radical (unpaired) electrons. The number of halogens is 3. The van der Waals surface area contributed by atoms with Crippen molar-refractivity contribution in [2.24, 2.45) is 0 Å². The van der Waals surface area contributed by atoms with Crippen LogP contribution in [0.2, 0.25) is 0 Å². The molecule has 1 aromatic rings. The molecule has 0 saturated heterocycles. The molecule has 0 aliphatic rings. The van der Waals surface area contributed by atoms with Crippen molar-refractivity contribution in [1.29, 1.82) is 0 Å². The largest absolute Gasteiger partial charge is 0.405 e. The van der Waals surface area contributed by atoms with E-state index in [1.807, 2.05) is 0 Å². The zero-order valence-electron chi connectivity index (χ0n) is 8.31. The van der Waals surface area contributed by atoms with Crippen LogP contribution in [0.15, 0.2) is 6.33 Å². The average Bonchev–Trinajstić information content (AvgIpc) is 2.15. The number of hydrogen-bond donors (Lipinski definition) is 2. The molecule has 15 heavy (non-hydrogen) atoms. The molecule has 0 spiro atoms. The van der Waals surface area contributed by atoms with Gasteiger partial charge in [0.2, 0.25) is 0 Å². The van der Waals surface area contributed by atoms with E-state index >= 15 is 0 Å². The highest BCUT2D eigenvalue weighted by Crippen LogP contribution is 2.20. The maximum Gasteiger partial charge on any atom is 0.405 e. The van der Waals surface area contributed by atoms with Gasteiger partial charge in [0.05, 0.1) is 0 Å². The van der Waals surface area contributed by atoms with E-state index in [9.17, 15) is 13.2 Å². The van der Waals surface area contributed by atoms with Gasteiger partial charge in [0.25, 0.3) is 0 Å². The summed E-state index contributed by atoms with van der Waals surface area (Å²) < 4.78 is 35.8. The topological polar surface area (TPSA) is 49.8 Å². The normalized spacial score (nSPS) is 11.3. The Bertz CT molecular complexity index is 337. The summed E-state index contributed by atoms with van der Waals surface area (Å²) in [5.74, 6) is 0.696. The maximum absolute atomic E-state index is 11.9. The summed E-state index contributed by atoms with van der Waals surface area (Å²) in [5.41, 5.74) is 0.559. The molecule has 1 rings (SSSR count). The maximum atomic E-state index is 11.9. The molecule has 0 unspecified atom stereocenters. The Morgan fingerprint density at radius 1 is 1.27 bits per heavy atom. The van der Waals surface area contributed by atoms with Crippen molar-refractivity contribution in [1.82, 2.24) is 9.97 Å². The quantitative estimate of drug-likeness (QED) is 0.815. The lowest BCUT2D eigenvalue weighted by Gasteiger charge is -2.12. The number of nitrogens with zero attached hydrogens (tertiary/aromatic N) is 2. The Morgan fingerprint density at radius 2 is 1.87 bits per heavy atom. The van der Waals surface area contributed by atoms with Crippen molar-refractivity contribution in [3.8, 4) is 0 Å². The first kappa shape index (κ1) is 11.5. The third kappa shape index (κ3) is 3.26. The van der Waals surface area contributed by atoms with Crippen molar-refractivity contribution >= 4 is 11.6 Å². The van der Waals surface area contributed by atoms with Crippen molar-refractivity contribution in [3.05, 3.63) is 11.9 Å². The molecule has 1 aromatic heterocycles. The fraction of sp³-hybridized carbons (Fsp3) is 0.500. The third-order valence-electron chi connectivity index (χ3n) is 1.78. The van der Waals surface area contributed by atoms with Gasteiger partial charge in [-0.25, -0.2) is 9.97 Å². The van der Waals surface area contributed by atoms with Gasteiger partial charge < -0.3 is 10.6 Å². The highest BCUT2D eigenvalue weighted by atomic mass is 19.4. The SMILES string of the molecule is CNc1ncnc(NCC(F)(F)F)c1C. The molecule has 0 atom stereocenters. The monoisotopic (exact) mass is 220 g/mol. The molecule has 0 aliphatic heterocycles. The van der Waals surface area contributed by atoms with E-state index in [-0.39, 0.29) is 5.82 Å². The summed E-state index contributed by atoms with van der Waals surface area (Å²) in [5, 5.41) is 4.97. The predicted octanol–water partition coefficient (Wildman–Crippen LogP) is 1.80. The number of nitrogens with one attached hydrogen (secondary N) is 2. The molecule has 0 amide bonds. The minimum atomic E-state index is -4.25. The lowest BCUT2D eigenvalue weighted by atomic mass is 10.3. The fourth-order valence-corrected chi connectivity index (χ4v) is 1.06. The van der Waals surface area contributed by atoms with Crippen LogP contribution in [-0.4, -0.2) is 29.7 Å². The molecule has 0 aliphatic carbocycles. The van der Waals surface area contributed by atoms with Gasteiger partial charge in [-0.2, -0.15) is 13.2 Å². The Labute approximate surface area is 84.9 Å². The van der Waals surface area contributed by atoms with Crippen LogP contribution in [0.25, 0.3) is 0 Å². The molecule has 2 N–H and O–H groups in total. The van der Waals surface area contributed by atoms with Crippen LogP contribution in [0.5, 0.6) is 0 Å². The molecular weight excluding hydrogens is 209 g/mol. The van der Waals surface area contributed by atoms with Crippen LogP contribution in [0.3, 0.4) is 0 Å². The molecule has 0 fully saturated rings. The smallest absolute Gasteiger partial charge is 0.373 e. The van der Waals surface area contributed by atoms with Crippen molar-refractivity contribution < 1.29 is 13.2 Å². The standard InChI is InChI=1S/C8H11F3N4/c1-5-6(12-2)14-4-15-7(5)13-3-8(9,10)11/h4H,3H2,1-2H3,(H2,12,13,14,15). The Hall–Kier alpha value is -1.53. The molecular formula is C8H11F3N4. The van der Waals surface area contributed by atoms with Gasteiger partial charge in [-0.1, -0.05) is 0 Å². The molecule has 1 heterocycles.